The van der Waals surface area contributed by atoms with Crippen LogP contribution in [0.2, 0.25) is 0 Å². The first kappa shape index (κ1) is 17.9. The Morgan fingerprint density at radius 2 is 1.73 bits per heavy atom. The SMILES string of the molecule is COC(=O)[C@@H]1C(=O)Oc2ccc3ccccc3c2[C@@H]1C(C)(C)C(=O)OC. The van der Waals surface area contributed by atoms with E-state index < -0.39 is 35.2 Å². The molecule has 0 aromatic heterocycles. The lowest BCUT2D eigenvalue weighted by Gasteiger charge is -2.39. The molecule has 0 radical (unpaired) electrons. The van der Waals surface area contributed by atoms with Gasteiger partial charge in [0.15, 0.2) is 5.92 Å². The van der Waals surface area contributed by atoms with E-state index in [-0.39, 0.29) is 0 Å². The molecule has 0 N–H and O–H groups in total. The van der Waals surface area contributed by atoms with Crippen LogP contribution >= 0.6 is 0 Å². The van der Waals surface area contributed by atoms with E-state index in [4.69, 9.17) is 14.2 Å². The predicted molar refractivity (Wildman–Crippen MR) is 93.6 cm³/mol. The highest BCUT2D eigenvalue weighted by molar-refractivity contribution is 6.02. The second-order valence-electron chi connectivity index (χ2n) is 6.81. The van der Waals surface area contributed by atoms with Crippen LogP contribution in [0.3, 0.4) is 0 Å². The maximum absolute atomic E-state index is 12.6. The van der Waals surface area contributed by atoms with Crippen molar-refractivity contribution in [1.82, 2.24) is 0 Å². The number of benzene rings is 2. The molecule has 1 aliphatic heterocycles. The highest BCUT2D eigenvalue weighted by Crippen LogP contribution is 2.51. The van der Waals surface area contributed by atoms with Gasteiger partial charge >= 0.3 is 17.9 Å². The third kappa shape index (κ3) is 2.62. The lowest BCUT2D eigenvalue weighted by Crippen LogP contribution is -2.46. The molecule has 1 heterocycles. The molecule has 136 valence electrons. The van der Waals surface area contributed by atoms with Gasteiger partial charge in [-0.3, -0.25) is 14.4 Å². The van der Waals surface area contributed by atoms with Crippen LogP contribution in [0.4, 0.5) is 0 Å². The Morgan fingerprint density at radius 1 is 1.04 bits per heavy atom. The lowest BCUT2D eigenvalue weighted by molar-refractivity contribution is -0.163. The molecule has 0 saturated heterocycles. The molecule has 0 aliphatic carbocycles. The number of fused-ring (bicyclic) bond motifs is 3. The van der Waals surface area contributed by atoms with Crippen molar-refractivity contribution in [2.75, 3.05) is 14.2 Å². The highest BCUT2D eigenvalue weighted by atomic mass is 16.6. The summed E-state index contributed by atoms with van der Waals surface area (Å²) >= 11 is 0. The van der Waals surface area contributed by atoms with E-state index in [0.29, 0.717) is 11.3 Å². The topological polar surface area (TPSA) is 78.9 Å². The zero-order chi connectivity index (χ0) is 19.1. The van der Waals surface area contributed by atoms with Gasteiger partial charge in [0.1, 0.15) is 5.75 Å². The summed E-state index contributed by atoms with van der Waals surface area (Å²) in [4.78, 5) is 37.5. The number of methoxy groups -OCH3 is 2. The van der Waals surface area contributed by atoms with E-state index in [0.717, 1.165) is 10.8 Å². The van der Waals surface area contributed by atoms with Crippen LogP contribution in [0, 0.1) is 11.3 Å². The minimum absolute atomic E-state index is 0.343. The molecule has 6 heteroatoms. The quantitative estimate of drug-likeness (QED) is 0.478. The van der Waals surface area contributed by atoms with Crippen molar-refractivity contribution in [3.63, 3.8) is 0 Å². The molecule has 26 heavy (non-hydrogen) atoms. The Balaban J connectivity index is 2.35. The summed E-state index contributed by atoms with van der Waals surface area (Å²) in [5, 5.41) is 1.73. The van der Waals surface area contributed by atoms with Gasteiger partial charge < -0.3 is 14.2 Å². The molecule has 0 saturated carbocycles. The summed E-state index contributed by atoms with van der Waals surface area (Å²) in [5.41, 5.74) is -0.528. The number of carbonyl (C=O) groups is 3. The van der Waals surface area contributed by atoms with Gasteiger partial charge in [-0.25, -0.2) is 0 Å². The first-order chi connectivity index (χ1) is 12.3. The van der Waals surface area contributed by atoms with Crippen LogP contribution in [0.5, 0.6) is 5.75 Å². The maximum Gasteiger partial charge on any atom is 0.326 e. The molecule has 2 aromatic carbocycles. The molecule has 1 aliphatic rings. The fraction of sp³-hybridized carbons (Fsp3) is 0.350. The molecule has 2 aromatic rings. The first-order valence-corrected chi connectivity index (χ1v) is 8.22. The molecule has 0 bridgehead atoms. The highest BCUT2D eigenvalue weighted by Gasteiger charge is 2.54. The average Bonchev–Trinajstić information content (AvgIpc) is 2.65. The van der Waals surface area contributed by atoms with Crippen molar-refractivity contribution in [2.45, 2.75) is 19.8 Å². The number of hydrogen-bond donors (Lipinski definition) is 0. The minimum atomic E-state index is -1.26. The van der Waals surface area contributed by atoms with E-state index in [1.54, 1.807) is 19.9 Å². The Morgan fingerprint density at radius 3 is 2.38 bits per heavy atom. The summed E-state index contributed by atoms with van der Waals surface area (Å²) < 4.78 is 15.2. The van der Waals surface area contributed by atoms with E-state index in [1.165, 1.54) is 14.2 Å². The molecule has 3 rings (SSSR count). The average molecular weight is 356 g/mol. The van der Waals surface area contributed by atoms with Crippen molar-refractivity contribution < 1.29 is 28.6 Å². The fourth-order valence-electron chi connectivity index (χ4n) is 3.69. The maximum atomic E-state index is 12.6. The van der Waals surface area contributed by atoms with Crippen molar-refractivity contribution in [2.24, 2.45) is 11.3 Å². The third-order valence-electron chi connectivity index (χ3n) is 4.98. The Bertz CT molecular complexity index is 898. The van der Waals surface area contributed by atoms with Gasteiger partial charge in [0.05, 0.1) is 19.6 Å². The van der Waals surface area contributed by atoms with Crippen LogP contribution in [0.1, 0.15) is 25.3 Å². The number of ether oxygens (including phenoxy) is 3. The zero-order valence-electron chi connectivity index (χ0n) is 15.1. The van der Waals surface area contributed by atoms with Gasteiger partial charge in [-0.05, 0) is 30.7 Å². The first-order valence-electron chi connectivity index (χ1n) is 8.22. The van der Waals surface area contributed by atoms with Crippen LogP contribution in [0.25, 0.3) is 10.8 Å². The van der Waals surface area contributed by atoms with Gasteiger partial charge in [-0.2, -0.15) is 0 Å². The van der Waals surface area contributed by atoms with Crippen LogP contribution in [-0.2, 0) is 23.9 Å². The molecule has 0 spiro atoms. The molecule has 0 fully saturated rings. The number of rotatable bonds is 3. The van der Waals surface area contributed by atoms with Gasteiger partial charge in [0.2, 0.25) is 0 Å². The standard InChI is InChI=1S/C20H20O6/c1-20(2,19(23)25-4)16-14-12-8-6-5-7-11(12)9-10-13(14)26-18(22)15(16)17(21)24-3/h5-10,15-16H,1-4H3/t15-,16+/m1/s1. The lowest BCUT2D eigenvalue weighted by atomic mass is 9.66. The number of carbonyl (C=O) groups excluding carboxylic acids is 3. The molecule has 0 unspecified atom stereocenters. The smallest absolute Gasteiger partial charge is 0.326 e. The van der Waals surface area contributed by atoms with Crippen molar-refractivity contribution in [3.05, 3.63) is 42.0 Å². The summed E-state index contributed by atoms with van der Waals surface area (Å²) in [5.74, 6) is -3.70. The summed E-state index contributed by atoms with van der Waals surface area (Å²) in [7, 11) is 2.48. The number of esters is 3. The van der Waals surface area contributed by atoms with Gasteiger partial charge in [-0.1, -0.05) is 30.3 Å². The number of hydrogen-bond acceptors (Lipinski definition) is 6. The monoisotopic (exact) mass is 356 g/mol. The van der Waals surface area contributed by atoms with Crippen LogP contribution in [-0.4, -0.2) is 32.1 Å². The Kier molecular flexibility index (Phi) is 4.44. The summed E-state index contributed by atoms with van der Waals surface area (Å²) in [6.45, 7) is 3.31. The van der Waals surface area contributed by atoms with Gasteiger partial charge in [0.25, 0.3) is 0 Å². The molecule has 2 atom stereocenters. The molecular weight excluding hydrogens is 336 g/mol. The van der Waals surface area contributed by atoms with Crippen LogP contribution < -0.4 is 4.74 Å². The van der Waals surface area contributed by atoms with Crippen LogP contribution in [0.15, 0.2) is 36.4 Å². The second-order valence-corrected chi connectivity index (χ2v) is 6.81. The molecular formula is C20H20O6. The van der Waals surface area contributed by atoms with Crippen molar-refractivity contribution >= 4 is 28.7 Å². The predicted octanol–water partition coefficient (Wildman–Crippen LogP) is 2.83. The second kappa shape index (κ2) is 6.44. The largest absolute Gasteiger partial charge is 0.469 e. The summed E-state index contributed by atoms with van der Waals surface area (Å²) in [6, 6.07) is 11.1. The van der Waals surface area contributed by atoms with E-state index in [2.05, 4.69) is 0 Å². The molecule has 6 nitrogen and oxygen atoms in total. The Hall–Kier alpha value is -2.89. The molecule has 0 amide bonds. The normalized spacial score (nSPS) is 19.5. The van der Waals surface area contributed by atoms with Crippen molar-refractivity contribution in [3.8, 4) is 5.75 Å². The fourth-order valence-corrected chi connectivity index (χ4v) is 3.69. The van der Waals surface area contributed by atoms with E-state index in [9.17, 15) is 14.4 Å². The van der Waals surface area contributed by atoms with Crippen molar-refractivity contribution in [1.29, 1.82) is 0 Å². The van der Waals surface area contributed by atoms with E-state index >= 15 is 0 Å². The van der Waals surface area contributed by atoms with Gasteiger partial charge in [-0.15, -0.1) is 0 Å². The zero-order valence-corrected chi connectivity index (χ0v) is 15.1. The van der Waals surface area contributed by atoms with E-state index in [1.807, 2.05) is 30.3 Å². The minimum Gasteiger partial charge on any atom is -0.469 e. The third-order valence-corrected chi connectivity index (χ3v) is 4.98. The summed E-state index contributed by atoms with van der Waals surface area (Å²) in [6.07, 6.45) is 0. The van der Waals surface area contributed by atoms with Gasteiger partial charge in [0, 0.05) is 11.5 Å². The Labute approximate surface area is 151 Å².